The minimum atomic E-state index is -0.591. The number of carbonyl (C=O) groups is 2. The summed E-state index contributed by atoms with van der Waals surface area (Å²) < 4.78 is 0. The Labute approximate surface area is 120 Å². The van der Waals surface area contributed by atoms with E-state index in [1.807, 2.05) is 56.3 Å². The number of nitrogens with one attached hydrogen (secondary N) is 2. The normalized spacial score (nSPS) is 12.0. The first-order valence-electron chi connectivity index (χ1n) is 6.79. The number of amides is 2. The minimum absolute atomic E-state index is 0.184. The molecule has 5 heteroatoms. The summed E-state index contributed by atoms with van der Waals surface area (Å²) in [6, 6.07) is 9.37. The molecule has 0 fully saturated rings. The van der Waals surface area contributed by atoms with Gasteiger partial charge in [-0.05, 0) is 39.5 Å². The van der Waals surface area contributed by atoms with E-state index in [4.69, 9.17) is 0 Å². The van der Waals surface area contributed by atoms with Gasteiger partial charge in [-0.3, -0.25) is 9.59 Å². The molecule has 20 heavy (non-hydrogen) atoms. The molecule has 0 aliphatic rings. The van der Waals surface area contributed by atoms with E-state index in [0.717, 1.165) is 18.5 Å². The van der Waals surface area contributed by atoms with Crippen molar-refractivity contribution in [3.63, 3.8) is 0 Å². The summed E-state index contributed by atoms with van der Waals surface area (Å²) in [5.74, 6) is -1.17. The fourth-order valence-electron chi connectivity index (χ4n) is 1.76. The van der Waals surface area contributed by atoms with Crippen molar-refractivity contribution < 1.29 is 9.59 Å². The quantitative estimate of drug-likeness (QED) is 0.601. The summed E-state index contributed by atoms with van der Waals surface area (Å²) in [5.41, 5.74) is 0.973. The van der Waals surface area contributed by atoms with Crippen molar-refractivity contribution in [3.8, 4) is 0 Å². The van der Waals surface area contributed by atoms with Crippen LogP contribution in [0.5, 0.6) is 0 Å². The van der Waals surface area contributed by atoms with Crippen molar-refractivity contribution in [2.45, 2.75) is 19.4 Å². The predicted octanol–water partition coefficient (Wildman–Crippen LogP) is 0.932. The first-order chi connectivity index (χ1) is 9.50. The predicted molar refractivity (Wildman–Crippen MR) is 79.2 cm³/mol. The van der Waals surface area contributed by atoms with Crippen LogP contribution in [0.4, 0.5) is 0 Å². The molecule has 0 aromatic heterocycles. The number of carbonyl (C=O) groups excluding carboxylic acids is 2. The molecule has 1 atom stereocenters. The maximum absolute atomic E-state index is 11.7. The topological polar surface area (TPSA) is 61.4 Å². The second-order valence-electron chi connectivity index (χ2n) is 5.02. The molecule has 0 saturated heterocycles. The molecule has 110 valence electrons. The van der Waals surface area contributed by atoms with Gasteiger partial charge in [-0.2, -0.15) is 0 Å². The summed E-state index contributed by atoms with van der Waals surface area (Å²) in [7, 11) is 3.94. The van der Waals surface area contributed by atoms with E-state index < -0.39 is 11.8 Å². The van der Waals surface area contributed by atoms with Gasteiger partial charge < -0.3 is 15.5 Å². The van der Waals surface area contributed by atoms with Gasteiger partial charge >= 0.3 is 11.8 Å². The number of rotatable bonds is 6. The Morgan fingerprint density at radius 1 is 1.15 bits per heavy atom. The lowest BCUT2D eigenvalue weighted by atomic mass is 10.1. The third-order valence-electron chi connectivity index (χ3n) is 2.92. The molecule has 0 spiro atoms. The van der Waals surface area contributed by atoms with Crippen molar-refractivity contribution >= 4 is 11.8 Å². The van der Waals surface area contributed by atoms with Crippen molar-refractivity contribution in [3.05, 3.63) is 35.9 Å². The molecule has 0 aliphatic carbocycles. The van der Waals surface area contributed by atoms with Gasteiger partial charge in [0.25, 0.3) is 0 Å². The summed E-state index contributed by atoms with van der Waals surface area (Å²) in [6.45, 7) is 3.24. The van der Waals surface area contributed by atoms with Gasteiger partial charge in [-0.1, -0.05) is 30.3 Å². The smallest absolute Gasteiger partial charge is 0.309 e. The van der Waals surface area contributed by atoms with Gasteiger partial charge in [0.05, 0.1) is 6.04 Å². The van der Waals surface area contributed by atoms with Gasteiger partial charge in [0.1, 0.15) is 0 Å². The molecule has 0 bridgehead atoms. The Bertz CT molecular complexity index is 432. The molecule has 1 rings (SSSR count). The first kappa shape index (κ1) is 16.2. The Hall–Kier alpha value is -1.88. The van der Waals surface area contributed by atoms with Crippen molar-refractivity contribution in [1.82, 2.24) is 15.5 Å². The maximum atomic E-state index is 11.7. The van der Waals surface area contributed by atoms with E-state index in [1.54, 1.807) is 0 Å². The van der Waals surface area contributed by atoms with Crippen LogP contribution in [0.2, 0.25) is 0 Å². The Morgan fingerprint density at radius 2 is 1.80 bits per heavy atom. The molecule has 0 saturated carbocycles. The number of hydrogen-bond donors (Lipinski definition) is 2. The monoisotopic (exact) mass is 277 g/mol. The van der Waals surface area contributed by atoms with E-state index in [9.17, 15) is 9.59 Å². The van der Waals surface area contributed by atoms with Crippen molar-refractivity contribution in [1.29, 1.82) is 0 Å². The summed E-state index contributed by atoms with van der Waals surface area (Å²) in [6.07, 6.45) is 0.820. The van der Waals surface area contributed by atoms with E-state index in [0.29, 0.717) is 6.54 Å². The van der Waals surface area contributed by atoms with E-state index in [-0.39, 0.29) is 6.04 Å². The summed E-state index contributed by atoms with van der Waals surface area (Å²) in [4.78, 5) is 25.4. The van der Waals surface area contributed by atoms with Crippen LogP contribution >= 0.6 is 0 Å². The zero-order chi connectivity index (χ0) is 15.0. The molecule has 5 nitrogen and oxygen atoms in total. The van der Waals surface area contributed by atoms with Crippen LogP contribution in [-0.2, 0) is 9.59 Å². The summed E-state index contributed by atoms with van der Waals surface area (Å²) in [5, 5.41) is 5.30. The second kappa shape index (κ2) is 8.32. The molecule has 1 unspecified atom stereocenters. The standard InChI is InChI=1S/C15H23N3O2/c1-12(13-8-5-4-6-9-13)17-15(20)14(19)16-10-7-11-18(2)3/h4-6,8-9,12H,7,10-11H2,1-3H3,(H,16,19)(H,17,20). The maximum Gasteiger partial charge on any atom is 0.309 e. The second-order valence-corrected chi connectivity index (χ2v) is 5.02. The highest BCUT2D eigenvalue weighted by molar-refractivity contribution is 6.35. The lowest BCUT2D eigenvalue weighted by Gasteiger charge is -2.14. The van der Waals surface area contributed by atoms with Crippen LogP contribution in [0, 0.1) is 0 Å². The van der Waals surface area contributed by atoms with Crippen molar-refractivity contribution in [2.24, 2.45) is 0 Å². The molecule has 1 aromatic rings. The molecule has 2 N–H and O–H groups in total. The summed E-state index contributed by atoms with van der Waals surface area (Å²) >= 11 is 0. The Kier molecular flexibility index (Phi) is 6.73. The van der Waals surface area contributed by atoms with E-state index in [1.165, 1.54) is 0 Å². The van der Waals surface area contributed by atoms with Crippen LogP contribution in [0.25, 0.3) is 0 Å². The highest BCUT2D eigenvalue weighted by atomic mass is 16.2. The average molecular weight is 277 g/mol. The third kappa shape index (κ3) is 5.84. The molecule has 2 amide bonds. The lowest BCUT2D eigenvalue weighted by molar-refractivity contribution is -0.139. The van der Waals surface area contributed by atoms with Crippen molar-refractivity contribution in [2.75, 3.05) is 27.2 Å². The molecule has 1 aromatic carbocycles. The molecular formula is C15H23N3O2. The number of benzene rings is 1. The number of nitrogens with zero attached hydrogens (tertiary/aromatic N) is 1. The zero-order valence-corrected chi connectivity index (χ0v) is 12.3. The van der Waals surface area contributed by atoms with Gasteiger partial charge in [-0.15, -0.1) is 0 Å². The molecule has 0 aliphatic heterocycles. The lowest BCUT2D eigenvalue weighted by Crippen LogP contribution is -2.41. The SMILES string of the molecule is CC(NC(=O)C(=O)NCCCN(C)C)c1ccccc1. The van der Waals surface area contributed by atoms with Crippen LogP contribution < -0.4 is 10.6 Å². The highest BCUT2D eigenvalue weighted by Gasteiger charge is 2.16. The Balaban J connectivity index is 2.33. The van der Waals surface area contributed by atoms with Gasteiger partial charge in [0.2, 0.25) is 0 Å². The fourth-order valence-corrected chi connectivity index (χ4v) is 1.76. The molecule has 0 heterocycles. The van der Waals surface area contributed by atoms with Gasteiger partial charge in [0.15, 0.2) is 0 Å². The van der Waals surface area contributed by atoms with E-state index >= 15 is 0 Å². The molecular weight excluding hydrogens is 254 g/mol. The average Bonchev–Trinajstić information content (AvgIpc) is 2.44. The fraction of sp³-hybridized carbons (Fsp3) is 0.467. The van der Waals surface area contributed by atoms with Crippen LogP contribution in [0.1, 0.15) is 24.9 Å². The first-order valence-corrected chi connectivity index (χ1v) is 6.79. The Morgan fingerprint density at radius 3 is 2.40 bits per heavy atom. The molecule has 0 radical (unpaired) electrons. The minimum Gasteiger partial charge on any atom is -0.348 e. The zero-order valence-electron chi connectivity index (χ0n) is 12.3. The van der Waals surface area contributed by atoms with Crippen LogP contribution in [0.15, 0.2) is 30.3 Å². The number of hydrogen-bond acceptors (Lipinski definition) is 3. The van der Waals surface area contributed by atoms with Gasteiger partial charge in [0, 0.05) is 6.54 Å². The van der Waals surface area contributed by atoms with Crippen LogP contribution in [0.3, 0.4) is 0 Å². The van der Waals surface area contributed by atoms with Crippen LogP contribution in [-0.4, -0.2) is 43.9 Å². The third-order valence-corrected chi connectivity index (χ3v) is 2.92. The largest absolute Gasteiger partial charge is 0.348 e. The van der Waals surface area contributed by atoms with Gasteiger partial charge in [-0.25, -0.2) is 0 Å². The highest BCUT2D eigenvalue weighted by Crippen LogP contribution is 2.10. The van der Waals surface area contributed by atoms with E-state index in [2.05, 4.69) is 10.6 Å².